The van der Waals surface area contributed by atoms with Crippen LogP contribution in [0.5, 0.6) is 0 Å². The lowest BCUT2D eigenvalue weighted by Gasteiger charge is -2.32. The molecule has 0 bridgehead atoms. The zero-order valence-corrected chi connectivity index (χ0v) is 25.5. The molecule has 0 fully saturated rings. The quantitative estimate of drug-likeness (QED) is 0.270. The van der Waals surface area contributed by atoms with Gasteiger partial charge in [-0.1, -0.05) is 91.0 Å². The molecule has 40 heavy (non-hydrogen) atoms. The van der Waals surface area contributed by atoms with Crippen LogP contribution >= 0.6 is 24.8 Å². The number of nitrogens with two attached hydrogens (primary N) is 1. The number of carbonyl (C=O) groups excluding carboxylic acids is 1. The smallest absolute Gasteiger partial charge is 0.239 e. The number of halogens is 2. The van der Waals surface area contributed by atoms with Crippen LogP contribution in [0.4, 0.5) is 0 Å². The van der Waals surface area contributed by atoms with Gasteiger partial charge in [-0.2, -0.15) is 4.31 Å². The van der Waals surface area contributed by atoms with Crippen molar-refractivity contribution >= 4 is 40.7 Å². The van der Waals surface area contributed by atoms with Crippen molar-refractivity contribution in [2.75, 3.05) is 0 Å². The standard InChI is InChI=1S/C30H39N3O4S.2ClH/c1-22(2)33(21-26-17-11-6-12-18-26)38(36,37)23(3)30(35)32-28(20-25-15-9-5-10-16-25)29(34)27(31)19-24-13-7-4-8-14-24;;/h4-18,22-23,27-29,34H,19-21,31H2,1-3H3,(H,32,35);2*1H. The molecule has 10 heteroatoms. The van der Waals surface area contributed by atoms with Gasteiger partial charge in [0.2, 0.25) is 15.9 Å². The molecule has 0 aromatic heterocycles. The van der Waals surface area contributed by atoms with Crippen molar-refractivity contribution < 1.29 is 18.3 Å². The van der Waals surface area contributed by atoms with Crippen LogP contribution in [0.1, 0.15) is 37.5 Å². The largest absolute Gasteiger partial charge is 0.389 e. The average molecular weight is 611 g/mol. The number of hydrogen-bond donors (Lipinski definition) is 3. The molecule has 0 aliphatic heterocycles. The molecule has 0 radical (unpaired) electrons. The van der Waals surface area contributed by atoms with Crippen LogP contribution in [0.15, 0.2) is 91.0 Å². The molecule has 3 rings (SSSR count). The maximum Gasteiger partial charge on any atom is 0.239 e. The Bertz CT molecular complexity index is 1250. The number of aliphatic hydroxyl groups excluding tert-OH is 1. The SMILES string of the molecule is CC(C)N(Cc1ccccc1)S(=O)(=O)C(C)C(=O)NC(Cc1ccccc1)C(O)C(N)Cc1ccccc1.Cl.Cl. The van der Waals surface area contributed by atoms with Gasteiger partial charge in [0.1, 0.15) is 0 Å². The fourth-order valence-corrected chi connectivity index (χ4v) is 6.06. The Balaban J connectivity index is 0.00000400. The summed E-state index contributed by atoms with van der Waals surface area (Å²) >= 11 is 0. The number of sulfonamides is 1. The van der Waals surface area contributed by atoms with Crippen LogP contribution in [0.3, 0.4) is 0 Å². The van der Waals surface area contributed by atoms with Crippen LogP contribution in [0, 0.1) is 0 Å². The Kier molecular flexibility index (Phi) is 14.9. The third kappa shape index (κ3) is 9.87. The summed E-state index contributed by atoms with van der Waals surface area (Å²) in [5.41, 5.74) is 9.08. The van der Waals surface area contributed by atoms with E-state index in [0.717, 1.165) is 16.7 Å². The van der Waals surface area contributed by atoms with E-state index in [9.17, 15) is 18.3 Å². The van der Waals surface area contributed by atoms with Crippen molar-refractivity contribution in [3.63, 3.8) is 0 Å². The molecule has 0 aliphatic rings. The molecule has 4 unspecified atom stereocenters. The van der Waals surface area contributed by atoms with E-state index in [0.29, 0.717) is 12.8 Å². The summed E-state index contributed by atoms with van der Waals surface area (Å²) in [5, 5.41) is 12.7. The number of aliphatic hydroxyl groups is 1. The van der Waals surface area contributed by atoms with Crippen LogP contribution in [-0.4, -0.2) is 53.2 Å². The van der Waals surface area contributed by atoms with Gasteiger partial charge < -0.3 is 16.2 Å². The van der Waals surface area contributed by atoms with E-state index in [4.69, 9.17) is 5.73 Å². The Hall–Kier alpha value is -2.46. The zero-order chi connectivity index (χ0) is 27.7. The molecule has 0 aliphatic carbocycles. The van der Waals surface area contributed by atoms with Crippen LogP contribution in [0.2, 0.25) is 0 Å². The van der Waals surface area contributed by atoms with Crippen LogP contribution < -0.4 is 11.1 Å². The Morgan fingerprint density at radius 1 is 0.800 bits per heavy atom. The molecule has 3 aromatic rings. The summed E-state index contributed by atoms with van der Waals surface area (Å²) in [6, 6.07) is 26.5. The molecule has 0 spiro atoms. The second-order valence-electron chi connectivity index (χ2n) is 9.96. The molecule has 7 nitrogen and oxygen atoms in total. The summed E-state index contributed by atoms with van der Waals surface area (Å²) in [5.74, 6) is -0.671. The molecular formula is C30H41Cl2N3O4S. The Morgan fingerprint density at radius 2 is 1.23 bits per heavy atom. The predicted molar refractivity (Wildman–Crippen MR) is 166 cm³/mol. The van der Waals surface area contributed by atoms with Gasteiger partial charge in [-0.05, 0) is 50.3 Å². The van der Waals surface area contributed by atoms with E-state index >= 15 is 0 Å². The highest BCUT2D eigenvalue weighted by Gasteiger charge is 2.37. The summed E-state index contributed by atoms with van der Waals surface area (Å²) in [4.78, 5) is 13.4. The Morgan fingerprint density at radius 3 is 1.68 bits per heavy atom. The second kappa shape index (κ2) is 16.7. The lowest BCUT2D eigenvalue weighted by atomic mass is 9.93. The maximum atomic E-state index is 13.6. The molecule has 0 saturated heterocycles. The lowest BCUT2D eigenvalue weighted by molar-refractivity contribution is -0.122. The number of rotatable bonds is 13. The van der Waals surface area contributed by atoms with E-state index in [2.05, 4.69) is 5.32 Å². The monoisotopic (exact) mass is 609 g/mol. The van der Waals surface area contributed by atoms with Gasteiger partial charge in [0.05, 0.1) is 12.1 Å². The first-order valence-corrected chi connectivity index (χ1v) is 14.5. The number of nitrogens with one attached hydrogen (secondary N) is 1. The van der Waals surface area contributed by atoms with Gasteiger partial charge in [0.15, 0.2) is 5.25 Å². The number of carbonyl (C=O) groups is 1. The third-order valence-corrected chi connectivity index (χ3v) is 9.00. The van der Waals surface area contributed by atoms with Crippen molar-refractivity contribution in [2.45, 2.75) is 69.6 Å². The highest BCUT2D eigenvalue weighted by atomic mass is 35.5. The first-order valence-electron chi connectivity index (χ1n) is 13.0. The third-order valence-electron chi connectivity index (χ3n) is 6.69. The Labute approximate surface area is 251 Å². The first-order chi connectivity index (χ1) is 18.1. The van der Waals surface area contributed by atoms with Crippen molar-refractivity contribution in [1.82, 2.24) is 9.62 Å². The topological polar surface area (TPSA) is 113 Å². The highest BCUT2D eigenvalue weighted by Crippen LogP contribution is 2.19. The van der Waals surface area contributed by atoms with Crippen LogP contribution in [0.25, 0.3) is 0 Å². The van der Waals surface area contributed by atoms with E-state index in [1.54, 1.807) is 13.8 Å². The molecular weight excluding hydrogens is 569 g/mol. The fourth-order valence-electron chi connectivity index (χ4n) is 4.40. The second-order valence-corrected chi connectivity index (χ2v) is 12.2. The van der Waals surface area contributed by atoms with Gasteiger partial charge in [0.25, 0.3) is 0 Å². The van der Waals surface area contributed by atoms with Gasteiger partial charge in [-0.25, -0.2) is 8.42 Å². The highest BCUT2D eigenvalue weighted by molar-refractivity contribution is 7.90. The van der Waals surface area contributed by atoms with Gasteiger partial charge >= 0.3 is 0 Å². The van der Waals surface area contributed by atoms with E-state index in [1.165, 1.54) is 11.2 Å². The van der Waals surface area contributed by atoms with Crippen molar-refractivity contribution in [3.8, 4) is 0 Å². The van der Waals surface area contributed by atoms with Gasteiger partial charge in [-0.3, -0.25) is 4.79 Å². The summed E-state index contributed by atoms with van der Waals surface area (Å²) < 4.78 is 28.5. The lowest BCUT2D eigenvalue weighted by Crippen LogP contribution is -2.56. The van der Waals surface area contributed by atoms with E-state index < -0.39 is 39.4 Å². The molecule has 0 saturated carbocycles. The zero-order valence-electron chi connectivity index (χ0n) is 23.1. The molecule has 1 amide bonds. The van der Waals surface area contributed by atoms with E-state index in [1.807, 2.05) is 91.0 Å². The summed E-state index contributed by atoms with van der Waals surface area (Å²) in [7, 11) is -4.00. The van der Waals surface area contributed by atoms with Crippen LogP contribution in [-0.2, 0) is 34.2 Å². The maximum absolute atomic E-state index is 13.6. The average Bonchev–Trinajstić information content (AvgIpc) is 2.91. The molecule has 4 atom stereocenters. The van der Waals surface area contributed by atoms with Gasteiger partial charge in [0, 0.05) is 18.6 Å². The molecule has 220 valence electrons. The molecule has 3 aromatic carbocycles. The van der Waals surface area contributed by atoms with Crippen molar-refractivity contribution in [2.24, 2.45) is 5.73 Å². The minimum Gasteiger partial charge on any atom is -0.389 e. The van der Waals surface area contributed by atoms with Gasteiger partial charge in [-0.15, -0.1) is 24.8 Å². The predicted octanol–water partition coefficient (Wildman–Crippen LogP) is 4.12. The normalized spacial score (nSPS) is 14.4. The first kappa shape index (κ1) is 35.6. The number of amides is 1. The molecule has 4 N–H and O–H groups in total. The minimum absolute atomic E-state index is 0. The van der Waals surface area contributed by atoms with E-state index in [-0.39, 0.29) is 37.4 Å². The van der Waals surface area contributed by atoms with Crippen molar-refractivity contribution in [1.29, 1.82) is 0 Å². The summed E-state index contributed by atoms with van der Waals surface area (Å²) in [6.07, 6.45) is -0.379. The molecule has 0 heterocycles. The fraction of sp³-hybridized carbons (Fsp3) is 0.367. The number of benzene rings is 3. The minimum atomic E-state index is -4.00. The summed E-state index contributed by atoms with van der Waals surface area (Å²) in [6.45, 7) is 5.13. The van der Waals surface area contributed by atoms with Crippen molar-refractivity contribution in [3.05, 3.63) is 108 Å². The number of hydrogen-bond acceptors (Lipinski definition) is 5. The number of nitrogens with zero attached hydrogens (tertiary/aromatic N) is 1.